The highest BCUT2D eigenvalue weighted by atomic mass is 32.2. The van der Waals surface area contributed by atoms with Gasteiger partial charge in [-0.05, 0) is 23.6 Å². The average molecular weight is 251 g/mol. The minimum absolute atomic E-state index is 0.0636. The number of carboxylic acid groups (broad SMARTS) is 1. The van der Waals surface area contributed by atoms with Gasteiger partial charge in [0.05, 0.1) is 10.5 Å². The third-order valence-corrected chi connectivity index (χ3v) is 4.49. The van der Waals surface area contributed by atoms with Crippen LogP contribution in [-0.2, 0) is 0 Å². The lowest BCUT2D eigenvalue weighted by Gasteiger charge is -2.14. The Morgan fingerprint density at radius 2 is 2.06 bits per heavy atom. The van der Waals surface area contributed by atoms with Crippen molar-refractivity contribution in [3.05, 3.63) is 62.5 Å². The summed E-state index contributed by atoms with van der Waals surface area (Å²) in [5.74, 6) is -1.06. The molecular weight excluding hydrogens is 242 g/mol. The number of carbonyl (C=O) groups is 1. The average Bonchev–Trinajstić information content (AvgIpc) is 2.77. The van der Waals surface area contributed by atoms with Gasteiger partial charge in [-0.15, -0.1) is 10.9 Å². The number of aromatic carboxylic acids is 1. The quantitative estimate of drug-likeness (QED) is 0.491. The molecule has 5 nitrogen and oxygen atoms in total. The van der Waals surface area contributed by atoms with Crippen molar-refractivity contribution in [2.75, 3.05) is 0 Å². The molecule has 2 rings (SSSR count). The van der Waals surface area contributed by atoms with Crippen molar-refractivity contribution in [3.63, 3.8) is 0 Å². The Morgan fingerprint density at radius 3 is 2.71 bits per heavy atom. The molecule has 0 saturated heterocycles. The van der Waals surface area contributed by atoms with Crippen LogP contribution in [0.5, 0.6) is 0 Å². The molecule has 1 aliphatic heterocycles. The molecule has 1 aromatic rings. The summed E-state index contributed by atoms with van der Waals surface area (Å²) in [6.45, 7) is 0. The monoisotopic (exact) mass is 251 g/mol. The second kappa shape index (κ2) is 4.42. The first-order valence-corrected chi connectivity index (χ1v) is 6.17. The van der Waals surface area contributed by atoms with Gasteiger partial charge in [0.1, 0.15) is 0 Å². The van der Waals surface area contributed by atoms with E-state index in [9.17, 15) is 14.9 Å². The lowest BCUT2D eigenvalue weighted by molar-refractivity contribution is -0.410. The van der Waals surface area contributed by atoms with Crippen LogP contribution in [0, 0.1) is 10.1 Å². The Kier molecular flexibility index (Phi) is 2.97. The summed E-state index contributed by atoms with van der Waals surface area (Å²) in [6.07, 6.45) is 3.02. The molecule has 1 N–H and O–H groups in total. The Hall–Kier alpha value is -2.08. The number of carboxylic acids is 1. The van der Waals surface area contributed by atoms with Crippen molar-refractivity contribution in [1.29, 1.82) is 0 Å². The van der Waals surface area contributed by atoms with Crippen molar-refractivity contribution >= 4 is 16.9 Å². The van der Waals surface area contributed by atoms with E-state index in [0.717, 1.165) is 0 Å². The minimum atomic E-state index is -1.30. The molecule has 6 heteroatoms. The van der Waals surface area contributed by atoms with Gasteiger partial charge in [-0.1, -0.05) is 12.1 Å². The number of rotatable bonds is 3. The molecule has 1 aromatic carbocycles. The molecule has 0 aromatic heterocycles. The Labute approximate surface area is 99.6 Å². The zero-order chi connectivity index (χ0) is 12.4. The van der Waals surface area contributed by atoms with Crippen LogP contribution in [0.3, 0.4) is 0 Å². The first-order chi connectivity index (χ1) is 8.11. The number of hydrogen-bond donors (Lipinski definition) is 2. The standard InChI is InChI=1S/C11H9NO4S/c13-11(14)8-4-1-2-5-9(8)17-7-3-6-10(17)12(15)16/h1-7,17H,(H,13,14). The van der Waals surface area contributed by atoms with E-state index in [2.05, 4.69) is 0 Å². The van der Waals surface area contributed by atoms with Gasteiger partial charge in [0.15, 0.2) is 0 Å². The molecule has 0 saturated carbocycles. The van der Waals surface area contributed by atoms with Crippen LogP contribution in [-0.4, -0.2) is 16.0 Å². The molecule has 17 heavy (non-hydrogen) atoms. The summed E-state index contributed by atoms with van der Waals surface area (Å²) >= 11 is 0. The Bertz CT molecular complexity index is 550. The van der Waals surface area contributed by atoms with Crippen molar-refractivity contribution in [2.24, 2.45) is 0 Å². The van der Waals surface area contributed by atoms with Gasteiger partial charge >= 0.3 is 5.97 Å². The lowest BCUT2D eigenvalue weighted by atomic mass is 10.2. The zero-order valence-corrected chi connectivity index (χ0v) is 9.50. The fraction of sp³-hybridized carbons (Fsp3) is 0. The van der Waals surface area contributed by atoms with Gasteiger partial charge in [-0.25, -0.2) is 4.79 Å². The first kappa shape index (κ1) is 11.4. The topological polar surface area (TPSA) is 80.4 Å². The number of thiol groups is 1. The number of nitro groups is 1. The van der Waals surface area contributed by atoms with Crippen LogP contribution < -0.4 is 0 Å². The van der Waals surface area contributed by atoms with Crippen molar-refractivity contribution < 1.29 is 14.8 Å². The Morgan fingerprint density at radius 1 is 1.35 bits per heavy atom. The van der Waals surface area contributed by atoms with E-state index in [1.165, 1.54) is 12.1 Å². The van der Waals surface area contributed by atoms with Crippen LogP contribution in [0.2, 0.25) is 0 Å². The fourth-order valence-corrected chi connectivity index (χ4v) is 3.51. The van der Waals surface area contributed by atoms with E-state index in [-0.39, 0.29) is 10.6 Å². The molecular formula is C11H9NO4S. The predicted molar refractivity (Wildman–Crippen MR) is 64.9 cm³/mol. The molecule has 0 aliphatic carbocycles. The zero-order valence-electron chi connectivity index (χ0n) is 8.61. The summed E-state index contributed by atoms with van der Waals surface area (Å²) in [4.78, 5) is 21.9. The summed E-state index contributed by atoms with van der Waals surface area (Å²) in [7, 11) is -1.30. The largest absolute Gasteiger partial charge is 0.478 e. The van der Waals surface area contributed by atoms with Crippen LogP contribution in [0.1, 0.15) is 10.4 Å². The summed E-state index contributed by atoms with van der Waals surface area (Å²) in [5, 5.41) is 21.6. The fourth-order valence-electron chi connectivity index (χ4n) is 1.59. The first-order valence-electron chi connectivity index (χ1n) is 4.75. The van der Waals surface area contributed by atoms with Gasteiger partial charge in [0.25, 0.3) is 5.03 Å². The number of allylic oxidation sites excluding steroid dienone is 2. The molecule has 0 fully saturated rings. The highest BCUT2D eigenvalue weighted by molar-refractivity contribution is 8.23. The smallest absolute Gasteiger partial charge is 0.336 e. The van der Waals surface area contributed by atoms with Crippen LogP contribution in [0.15, 0.2) is 51.8 Å². The van der Waals surface area contributed by atoms with E-state index in [0.29, 0.717) is 4.90 Å². The van der Waals surface area contributed by atoms with Gasteiger partial charge in [-0.2, -0.15) is 0 Å². The number of nitrogens with zero attached hydrogens (tertiary/aromatic N) is 1. The van der Waals surface area contributed by atoms with E-state index in [4.69, 9.17) is 5.11 Å². The maximum absolute atomic E-state index is 11.1. The summed E-state index contributed by atoms with van der Waals surface area (Å²) < 4.78 is 0. The van der Waals surface area contributed by atoms with Crippen molar-refractivity contribution in [1.82, 2.24) is 0 Å². The number of benzene rings is 1. The van der Waals surface area contributed by atoms with Crippen LogP contribution >= 0.6 is 10.9 Å². The van der Waals surface area contributed by atoms with E-state index in [1.807, 2.05) is 0 Å². The molecule has 1 atom stereocenters. The summed E-state index contributed by atoms with van der Waals surface area (Å²) in [5.41, 5.74) is 0.123. The highest BCUT2D eigenvalue weighted by Crippen LogP contribution is 2.49. The van der Waals surface area contributed by atoms with Crippen LogP contribution in [0.4, 0.5) is 0 Å². The normalized spacial score (nSPS) is 20.0. The molecule has 1 heterocycles. The number of hydrogen-bond acceptors (Lipinski definition) is 3. The van der Waals surface area contributed by atoms with Crippen molar-refractivity contribution in [3.8, 4) is 0 Å². The van der Waals surface area contributed by atoms with Crippen molar-refractivity contribution in [2.45, 2.75) is 4.90 Å². The molecule has 0 bridgehead atoms. The summed E-state index contributed by atoms with van der Waals surface area (Å²) in [6, 6.07) is 6.39. The maximum Gasteiger partial charge on any atom is 0.336 e. The van der Waals surface area contributed by atoms with Gasteiger partial charge in [0.2, 0.25) is 0 Å². The predicted octanol–water partition coefficient (Wildman–Crippen LogP) is 2.39. The Balaban J connectivity index is 2.48. The SMILES string of the molecule is O=C(O)c1ccccc1[SH]1C=CC=C1[N+](=O)[O-]. The van der Waals surface area contributed by atoms with E-state index >= 15 is 0 Å². The molecule has 88 valence electrons. The second-order valence-corrected chi connectivity index (χ2v) is 5.29. The minimum Gasteiger partial charge on any atom is -0.478 e. The van der Waals surface area contributed by atoms with Gasteiger partial charge in [0, 0.05) is 11.0 Å². The molecule has 1 unspecified atom stereocenters. The molecule has 0 spiro atoms. The third kappa shape index (κ3) is 2.07. The van der Waals surface area contributed by atoms with E-state index < -0.39 is 21.8 Å². The van der Waals surface area contributed by atoms with Gasteiger partial charge in [-0.3, -0.25) is 10.1 Å². The highest BCUT2D eigenvalue weighted by Gasteiger charge is 2.26. The molecule has 0 amide bonds. The second-order valence-electron chi connectivity index (χ2n) is 3.32. The third-order valence-electron chi connectivity index (χ3n) is 2.31. The van der Waals surface area contributed by atoms with E-state index in [1.54, 1.807) is 29.7 Å². The maximum atomic E-state index is 11.1. The molecule has 1 aliphatic rings. The van der Waals surface area contributed by atoms with Crippen LogP contribution in [0.25, 0.3) is 0 Å². The van der Waals surface area contributed by atoms with Gasteiger partial charge < -0.3 is 5.11 Å². The molecule has 0 radical (unpaired) electrons. The lowest BCUT2D eigenvalue weighted by Crippen LogP contribution is -2.03.